The highest BCUT2D eigenvalue weighted by Gasteiger charge is 2.37. The zero-order valence-corrected chi connectivity index (χ0v) is 13.3. The Balaban J connectivity index is 2.75. The van der Waals surface area contributed by atoms with Crippen molar-refractivity contribution in [3.8, 4) is 0 Å². The zero-order chi connectivity index (χ0) is 15.6. The average molecular weight is 290 g/mol. The highest BCUT2D eigenvalue weighted by atomic mass is 16.5. The minimum absolute atomic E-state index is 0.0992. The summed E-state index contributed by atoms with van der Waals surface area (Å²) in [5.41, 5.74) is -0.0992. The molecule has 0 bridgehead atoms. The third-order valence-corrected chi connectivity index (χ3v) is 3.76. The molecule has 1 aliphatic rings. The van der Waals surface area contributed by atoms with E-state index in [2.05, 4.69) is 36.1 Å². The summed E-state index contributed by atoms with van der Waals surface area (Å²) in [5, 5.41) is 0. The van der Waals surface area contributed by atoms with Gasteiger partial charge in [0.1, 0.15) is 0 Å². The molecule has 0 N–H and O–H groups in total. The van der Waals surface area contributed by atoms with Gasteiger partial charge in [-0.25, -0.2) is 0 Å². The van der Waals surface area contributed by atoms with Crippen LogP contribution in [0, 0.1) is 0 Å². The summed E-state index contributed by atoms with van der Waals surface area (Å²) in [5.74, 6) is 0. The number of rotatable bonds is 12. The van der Waals surface area contributed by atoms with Crippen molar-refractivity contribution >= 4 is 0 Å². The van der Waals surface area contributed by atoms with E-state index in [1.165, 1.54) is 0 Å². The van der Waals surface area contributed by atoms with Crippen molar-refractivity contribution in [3.05, 3.63) is 50.6 Å². The minimum atomic E-state index is -0.0992. The lowest BCUT2D eigenvalue weighted by molar-refractivity contribution is -0.0390. The summed E-state index contributed by atoms with van der Waals surface area (Å²) >= 11 is 0. The molecule has 0 aromatic carbocycles. The van der Waals surface area contributed by atoms with Crippen LogP contribution in [-0.4, -0.2) is 61.3 Å². The predicted molar refractivity (Wildman–Crippen MR) is 91.6 cm³/mol. The van der Waals surface area contributed by atoms with Crippen LogP contribution in [-0.2, 0) is 4.74 Å². The Kier molecular flexibility index (Phi) is 8.28. The van der Waals surface area contributed by atoms with Crippen LogP contribution in [0.4, 0.5) is 0 Å². The topological polar surface area (TPSA) is 15.7 Å². The van der Waals surface area contributed by atoms with Gasteiger partial charge in [0.15, 0.2) is 0 Å². The van der Waals surface area contributed by atoms with Gasteiger partial charge in [0.05, 0.1) is 5.60 Å². The number of hydrogen-bond donors (Lipinski definition) is 0. The molecule has 1 fully saturated rings. The normalized spacial score (nSPS) is 17.0. The molecule has 0 aromatic heterocycles. The van der Waals surface area contributed by atoms with Crippen LogP contribution in [0.1, 0.15) is 12.8 Å². The zero-order valence-electron chi connectivity index (χ0n) is 13.3. The van der Waals surface area contributed by atoms with Crippen molar-refractivity contribution < 1.29 is 4.74 Å². The Bertz CT molecular complexity index is 297. The second-order valence-corrected chi connectivity index (χ2v) is 5.68. The first-order valence-electron chi connectivity index (χ1n) is 7.72. The van der Waals surface area contributed by atoms with Crippen molar-refractivity contribution in [2.24, 2.45) is 0 Å². The molecule has 0 atom stereocenters. The van der Waals surface area contributed by atoms with E-state index in [1.807, 2.05) is 24.3 Å². The van der Waals surface area contributed by atoms with E-state index in [4.69, 9.17) is 4.74 Å². The summed E-state index contributed by atoms with van der Waals surface area (Å²) in [6.07, 6.45) is 10.00. The van der Waals surface area contributed by atoms with Gasteiger partial charge < -0.3 is 4.74 Å². The van der Waals surface area contributed by atoms with E-state index in [9.17, 15) is 0 Å². The second-order valence-electron chi connectivity index (χ2n) is 5.68. The van der Waals surface area contributed by atoms with Gasteiger partial charge in [-0.15, -0.1) is 26.3 Å². The van der Waals surface area contributed by atoms with Gasteiger partial charge in [-0.3, -0.25) is 9.80 Å². The van der Waals surface area contributed by atoms with E-state index < -0.39 is 0 Å². The van der Waals surface area contributed by atoms with Gasteiger partial charge in [0.25, 0.3) is 0 Å². The van der Waals surface area contributed by atoms with Crippen LogP contribution in [0.15, 0.2) is 50.6 Å². The van der Waals surface area contributed by atoms with Gasteiger partial charge in [0, 0.05) is 45.9 Å². The molecule has 3 heteroatoms. The molecule has 0 amide bonds. The molecule has 0 unspecified atom stereocenters. The number of hydrogen-bond acceptors (Lipinski definition) is 3. The predicted octanol–water partition coefficient (Wildman–Crippen LogP) is 2.88. The molecular formula is C18H30N2O. The van der Waals surface area contributed by atoms with Crippen LogP contribution < -0.4 is 0 Å². The van der Waals surface area contributed by atoms with E-state index >= 15 is 0 Å². The van der Waals surface area contributed by atoms with Crippen molar-refractivity contribution in [2.45, 2.75) is 18.4 Å². The van der Waals surface area contributed by atoms with E-state index in [1.54, 1.807) is 0 Å². The third kappa shape index (κ3) is 6.00. The fraction of sp³-hybridized carbons (Fsp3) is 0.556. The summed E-state index contributed by atoms with van der Waals surface area (Å²) in [6, 6.07) is 0. The molecule has 0 radical (unpaired) electrons. The van der Waals surface area contributed by atoms with Crippen molar-refractivity contribution in [1.82, 2.24) is 9.80 Å². The molecule has 21 heavy (non-hydrogen) atoms. The second kappa shape index (κ2) is 9.72. The van der Waals surface area contributed by atoms with Crippen molar-refractivity contribution in [3.63, 3.8) is 0 Å². The van der Waals surface area contributed by atoms with Gasteiger partial charge in [-0.1, -0.05) is 24.3 Å². The Labute approximate surface area is 130 Å². The Morgan fingerprint density at radius 3 is 1.52 bits per heavy atom. The third-order valence-electron chi connectivity index (χ3n) is 3.76. The first kappa shape index (κ1) is 17.9. The summed E-state index contributed by atoms with van der Waals surface area (Å²) in [6.45, 7) is 21.5. The molecule has 0 aliphatic carbocycles. The van der Waals surface area contributed by atoms with E-state index in [0.717, 1.165) is 58.7 Å². The SMILES string of the molecule is C=CCN(CC=C)CC1(CN(CC=C)CC=C)CCCO1. The Hall–Kier alpha value is -1.16. The van der Waals surface area contributed by atoms with Gasteiger partial charge >= 0.3 is 0 Å². The van der Waals surface area contributed by atoms with Crippen LogP contribution in [0.25, 0.3) is 0 Å². The van der Waals surface area contributed by atoms with E-state index in [-0.39, 0.29) is 5.60 Å². The molecular weight excluding hydrogens is 260 g/mol. The summed E-state index contributed by atoms with van der Waals surface area (Å²) in [7, 11) is 0. The standard InChI is InChI=1S/C18H30N2O/c1-5-11-19(12-6-2)16-18(10-9-15-21-18)17-20(13-7-3)14-8-4/h5-8H,1-4,9-17H2. The van der Waals surface area contributed by atoms with Crippen LogP contribution in [0.5, 0.6) is 0 Å². The minimum Gasteiger partial charge on any atom is -0.372 e. The van der Waals surface area contributed by atoms with Crippen LogP contribution >= 0.6 is 0 Å². The molecule has 118 valence electrons. The largest absolute Gasteiger partial charge is 0.372 e. The molecule has 0 saturated carbocycles. The summed E-state index contributed by atoms with van der Waals surface area (Å²) in [4.78, 5) is 4.68. The van der Waals surface area contributed by atoms with Gasteiger partial charge in [0.2, 0.25) is 0 Å². The van der Waals surface area contributed by atoms with Gasteiger partial charge in [-0.2, -0.15) is 0 Å². The lowest BCUT2D eigenvalue weighted by Crippen LogP contribution is -2.50. The molecule has 1 saturated heterocycles. The molecule has 0 aromatic rings. The quantitative estimate of drug-likeness (QED) is 0.514. The maximum absolute atomic E-state index is 6.17. The average Bonchev–Trinajstić information content (AvgIpc) is 2.88. The molecule has 1 rings (SSSR count). The van der Waals surface area contributed by atoms with Crippen molar-refractivity contribution in [1.29, 1.82) is 0 Å². The van der Waals surface area contributed by atoms with E-state index in [0.29, 0.717) is 0 Å². The van der Waals surface area contributed by atoms with Gasteiger partial charge in [-0.05, 0) is 12.8 Å². The lowest BCUT2D eigenvalue weighted by atomic mass is 9.98. The van der Waals surface area contributed by atoms with Crippen molar-refractivity contribution in [2.75, 3.05) is 45.9 Å². The fourth-order valence-corrected chi connectivity index (χ4v) is 3.01. The first-order valence-corrected chi connectivity index (χ1v) is 7.72. The highest BCUT2D eigenvalue weighted by molar-refractivity contribution is 4.95. The first-order chi connectivity index (χ1) is 10.2. The maximum Gasteiger partial charge on any atom is 0.0936 e. The monoisotopic (exact) mass is 290 g/mol. The van der Waals surface area contributed by atoms with Crippen LogP contribution in [0.2, 0.25) is 0 Å². The highest BCUT2D eigenvalue weighted by Crippen LogP contribution is 2.28. The molecule has 3 nitrogen and oxygen atoms in total. The number of ether oxygens (including phenoxy) is 1. The molecule has 1 aliphatic heterocycles. The van der Waals surface area contributed by atoms with Crippen LogP contribution in [0.3, 0.4) is 0 Å². The fourth-order valence-electron chi connectivity index (χ4n) is 3.01. The smallest absolute Gasteiger partial charge is 0.0936 e. The molecule has 1 heterocycles. The number of nitrogens with zero attached hydrogens (tertiary/aromatic N) is 2. The summed E-state index contributed by atoms with van der Waals surface area (Å²) < 4.78 is 6.17. The lowest BCUT2D eigenvalue weighted by Gasteiger charge is -2.37. The molecule has 0 spiro atoms. The Morgan fingerprint density at radius 1 is 0.810 bits per heavy atom. The Morgan fingerprint density at radius 2 is 1.24 bits per heavy atom. The maximum atomic E-state index is 6.17.